The summed E-state index contributed by atoms with van der Waals surface area (Å²) in [5, 5.41) is 0. The van der Waals surface area contributed by atoms with E-state index in [1.165, 1.54) is 0 Å². The van der Waals surface area contributed by atoms with Crippen LogP contribution in [-0.2, 0) is 4.79 Å². The summed E-state index contributed by atoms with van der Waals surface area (Å²) in [6.07, 6.45) is 3.89. The lowest BCUT2D eigenvalue weighted by atomic mass is 9.96. The largest absolute Gasteiger partial charge is 0.343 e. The fraction of sp³-hybridized carbons (Fsp3) is 0.929. The van der Waals surface area contributed by atoms with Gasteiger partial charge in [-0.2, -0.15) is 0 Å². The van der Waals surface area contributed by atoms with Gasteiger partial charge in [0.15, 0.2) is 0 Å². The molecule has 1 fully saturated rings. The Labute approximate surface area is 111 Å². The van der Waals surface area contributed by atoms with E-state index in [1.807, 2.05) is 4.90 Å². The minimum atomic E-state index is 0.318. The van der Waals surface area contributed by atoms with E-state index in [0.29, 0.717) is 24.8 Å². The highest BCUT2D eigenvalue weighted by molar-refractivity contribution is 5.76. The van der Waals surface area contributed by atoms with E-state index in [0.717, 1.165) is 44.8 Å². The van der Waals surface area contributed by atoms with Crippen LogP contribution in [0.1, 0.15) is 32.6 Å². The average Bonchev–Trinajstić information content (AvgIpc) is 2.35. The van der Waals surface area contributed by atoms with Gasteiger partial charge >= 0.3 is 0 Å². The number of carbonyl (C=O) groups excluding carboxylic acids is 1. The van der Waals surface area contributed by atoms with Crippen LogP contribution in [0, 0.1) is 11.8 Å². The molecule has 0 aromatic rings. The van der Waals surface area contributed by atoms with Gasteiger partial charge in [-0.25, -0.2) is 0 Å². The third-order valence-corrected chi connectivity index (χ3v) is 3.84. The molecule has 1 rings (SSSR count). The number of hydrogen-bond acceptors (Lipinski definition) is 3. The Morgan fingerprint density at radius 1 is 1.39 bits per heavy atom. The Balaban J connectivity index is 2.23. The van der Waals surface area contributed by atoms with Crippen molar-refractivity contribution in [3.63, 3.8) is 0 Å². The second kappa shape index (κ2) is 7.74. The maximum Gasteiger partial charge on any atom is 0.222 e. The van der Waals surface area contributed by atoms with E-state index in [1.54, 1.807) is 0 Å². The van der Waals surface area contributed by atoms with Crippen molar-refractivity contribution in [3.05, 3.63) is 0 Å². The van der Waals surface area contributed by atoms with Crippen molar-refractivity contribution in [1.82, 2.24) is 9.80 Å². The lowest BCUT2D eigenvalue weighted by Crippen LogP contribution is -2.40. The van der Waals surface area contributed by atoms with Crippen LogP contribution in [0.4, 0.5) is 0 Å². The lowest BCUT2D eigenvalue weighted by molar-refractivity contribution is -0.132. The maximum atomic E-state index is 12.0. The minimum absolute atomic E-state index is 0.318. The minimum Gasteiger partial charge on any atom is -0.343 e. The molecule has 0 radical (unpaired) electrons. The van der Waals surface area contributed by atoms with Gasteiger partial charge in [0.25, 0.3) is 0 Å². The van der Waals surface area contributed by atoms with Gasteiger partial charge in [-0.3, -0.25) is 4.79 Å². The highest BCUT2D eigenvalue weighted by Crippen LogP contribution is 2.19. The predicted molar refractivity (Wildman–Crippen MR) is 75.3 cm³/mol. The van der Waals surface area contributed by atoms with Crippen molar-refractivity contribution in [3.8, 4) is 0 Å². The van der Waals surface area contributed by atoms with Crippen molar-refractivity contribution in [2.75, 3.05) is 40.3 Å². The fourth-order valence-electron chi connectivity index (χ4n) is 2.53. The Kier molecular flexibility index (Phi) is 6.65. The SMILES string of the molecule is CC(CN)CCC(=O)N1CCC(CN(C)C)CC1. The molecule has 0 aliphatic carbocycles. The number of nitrogens with zero attached hydrogens (tertiary/aromatic N) is 2. The van der Waals surface area contributed by atoms with Gasteiger partial charge in [0.05, 0.1) is 0 Å². The van der Waals surface area contributed by atoms with Crippen LogP contribution in [0.2, 0.25) is 0 Å². The smallest absolute Gasteiger partial charge is 0.222 e. The Morgan fingerprint density at radius 3 is 2.50 bits per heavy atom. The summed E-state index contributed by atoms with van der Waals surface area (Å²) in [5.74, 6) is 1.53. The molecule has 0 bridgehead atoms. The van der Waals surface area contributed by atoms with E-state index in [2.05, 4.69) is 25.9 Å². The van der Waals surface area contributed by atoms with Crippen molar-refractivity contribution in [2.24, 2.45) is 17.6 Å². The molecule has 4 nitrogen and oxygen atoms in total. The Bertz CT molecular complexity index is 247. The zero-order chi connectivity index (χ0) is 13.5. The van der Waals surface area contributed by atoms with E-state index in [4.69, 9.17) is 5.73 Å². The van der Waals surface area contributed by atoms with Gasteiger partial charge in [0, 0.05) is 26.1 Å². The van der Waals surface area contributed by atoms with Crippen molar-refractivity contribution in [1.29, 1.82) is 0 Å². The molecular formula is C14H29N3O. The standard InChI is InChI=1S/C14H29N3O/c1-12(10-15)4-5-14(18)17-8-6-13(7-9-17)11-16(2)3/h12-13H,4-11,15H2,1-3H3. The molecule has 1 heterocycles. The molecule has 1 atom stereocenters. The van der Waals surface area contributed by atoms with Crippen LogP contribution in [0.3, 0.4) is 0 Å². The van der Waals surface area contributed by atoms with Gasteiger partial charge < -0.3 is 15.5 Å². The van der Waals surface area contributed by atoms with Crippen LogP contribution in [-0.4, -0.2) is 56.0 Å². The van der Waals surface area contributed by atoms with Crippen molar-refractivity contribution >= 4 is 5.91 Å². The fourth-order valence-corrected chi connectivity index (χ4v) is 2.53. The lowest BCUT2D eigenvalue weighted by Gasteiger charge is -2.33. The molecule has 18 heavy (non-hydrogen) atoms. The highest BCUT2D eigenvalue weighted by atomic mass is 16.2. The monoisotopic (exact) mass is 255 g/mol. The molecule has 1 aliphatic heterocycles. The van der Waals surface area contributed by atoms with Crippen molar-refractivity contribution in [2.45, 2.75) is 32.6 Å². The van der Waals surface area contributed by atoms with Crippen molar-refractivity contribution < 1.29 is 4.79 Å². The first-order valence-corrected chi connectivity index (χ1v) is 7.15. The van der Waals surface area contributed by atoms with E-state index < -0.39 is 0 Å². The van der Waals surface area contributed by atoms with Gasteiger partial charge in [-0.15, -0.1) is 0 Å². The second-order valence-electron chi connectivity index (χ2n) is 5.97. The summed E-state index contributed by atoms with van der Waals surface area (Å²) in [7, 11) is 4.23. The molecule has 106 valence electrons. The maximum absolute atomic E-state index is 12.0. The summed E-state index contributed by atoms with van der Waals surface area (Å²) in [4.78, 5) is 16.3. The molecule has 2 N–H and O–H groups in total. The summed E-state index contributed by atoms with van der Waals surface area (Å²) in [5.41, 5.74) is 5.57. The summed E-state index contributed by atoms with van der Waals surface area (Å²) in [6.45, 7) is 5.81. The van der Waals surface area contributed by atoms with E-state index >= 15 is 0 Å². The number of piperidine rings is 1. The van der Waals surface area contributed by atoms with E-state index in [9.17, 15) is 4.79 Å². The quantitative estimate of drug-likeness (QED) is 0.775. The zero-order valence-electron chi connectivity index (χ0n) is 12.2. The zero-order valence-corrected chi connectivity index (χ0v) is 12.2. The van der Waals surface area contributed by atoms with Gasteiger partial charge in [-0.05, 0) is 51.7 Å². The molecule has 1 aliphatic rings. The summed E-state index contributed by atoms with van der Waals surface area (Å²) < 4.78 is 0. The average molecular weight is 255 g/mol. The van der Waals surface area contributed by atoms with Crippen LogP contribution < -0.4 is 5.73 Å². The number of rotatable bonds is 6. The normalized spacial score (nSPS) is 19.3. The predicted octanol–water partition coefficient (Wildman–Crippen LogP) is 1.16. The second-order valence-corrected chi connectivity index (χ2v) is 5.97. The third-order valence-electron chi connectivity index (χ3n) is 3.84. The molecule has 0 spiro atoms. The van der Waals surface area contributed by atoms with Gasteiger partial charge in [0.1, 0.15) is 0 Å². The van der Waals surface area contributed by atoms with E-state index in [-0.39, 0.29) is 0 Å². The topological polar surface area (TPSA) is 49.6 Å². The number of amides is 1. The van der Waals surface area contributed by atoms with Crippen LogP contribution >= 0.6 is 0 Å². The van der Waals surface area contributed by atoms with Gasteiger partial charge in [0.2, 0.25) is 5.91 Å². The van der Waals surface area contributed by atoms with Crippen LogP contribution in [0.15, 0.2) is 0 Å². The van der Waals surface area contributed by atoms with Crippen LogP contribution in [0.25, 0.3) is 0 Å². The molecule has 0 aromatic carbocycles. The molecule has 0 saturated carbocycles. The first-order chi connectivity index (χ1) is 8.52. The molecule has 1 unspecified atom stereocenters. The first-order valence-electron chi connectivity index (χ1n) is 7.15. The number of hydrogen-bond donors (Lipinski definition) is 1. The molecule has 0 aromatic heterocycles. The number of likely N-dealkylation sites (tertiary alicyclic amines) is 1. The Hall–Kier alpha value is -0.610. The molecular weight excluding hydrogens is 226 g/mol. The third kappa shape index (κ3) is 5.36. The highest BCUT2D eigenvalue weighted by Gasteiger charge is 2.22. The molecule has 4 heteroatoms. The van der Waals surface area contributed by atoms with Gasteiger partial charge in [-0.1, -0.05) is 6.92 Å². The first kappa shape index (κ1) is 15.4. The Morgan fingerprint density at radius 2 is 2.00 bits per heavy atom. The molecule has 1 saturated heterocycles. The summed E-state index contributed by atoms with van der Waals surface area (Å²) >= 11 is 0. The van der Waals surface area contributed by atoms with Crippen LogP contribution in [0.5, 0.6) is 0 Å². The summed E-state index contributed by atoms with van der Waals surface area (Å²) in [6, 6.07) is 0. The number of carbonyl (C=O) groups is 1. The molecule has 1 amide bonds. The number of nitrogens with two attached hydrogens (primary N) is 1.